The van der Waals surface area contributed by atoms with Crippen LogP contribution in [0.5, 0.6) is 0 Å². The van der Waals surface area contributed by atoms with Gasteiger partial charge in [0.15, 0.2) is 11.9 Å². The molecule has 166 valence electrons. The molecule has 2 heterocycles. The Bertz CT molecular complexity index is 1640. The van der Waals surface area contributed by atoms with E-state index in [0.717, 1.165) is 81.1 Å². The summed E-state index contributed by atoms with van der Waals surface area (Å²) < 4.78 is 17.7. The van der Waals surface area contributed by atoms with E-state index >= 15 is 0 Å². The third-order valence-electron chi connectivity index (χ3n) is 7.18. The lowest BCUT2D eigenvalue weighted by atomic mass is 9.96. The average molecular weight is 445 g/mol. The fraction of sp³-hybridized carbons (Fsp3) is 0.226. The van der Waals surface area contributed by atoms with Crippen LogP contribution in [0.4, 0.5) is 5.69 Å². The number of hydrogen-bond donors (Lipinski definition) is 0. The van der Waals surface area contributed by atoms with Gasteiger partial charge in [0, 0.05) is 29.3 Å². The van der Waals surface area contributed by atoms with Crippen molar-refractivity contribution in [2.75, 3.05) is 0 Å². The number of aryl methyl sites for hydroxylation is 2. The van der Waals surface area contributed by atoms with Gasteiger partial charge in [0.2, 0.25) is 5.69 Å². The Morgan fingerprint density at radius 2 is 1.62 bits per heavy atom. The van der Waals surface area contributed by atoms with Gasteiger partial charge in [0.05, 0.1) is 12.1 Å². The molecule has 3 nitrogen and oxygen atoms in total. The van der Waals surface area contributed by atoms with Gasteiger partial charge in [-0.25, -0.2) is 9.41 Å². The highest BCUT2D eigenvalue weighted by atomic mass is 16.3. The molecule has 0 amide bonds. The van der Waals surface area contributed by atoms with Gasteiger partial charge in [-0.3, -0.25) is 0 Å². The second-order valence-electron chi connectivity index (χ2n) is 9.27. The predicted molar refractivity (Wildman–Crippen MR) is 138 cm³/mol. The summed E-state index contributed by atoms with van der Waals surface area (Å²) in [5.74, 6) is -0.475. The zero-order valence-electron chi connectivity index (χ0n) is 20.6. The molecule has 0 saturated heterocycles. The normalized spacial score (nSPS) is 15.5. The van der Waals surface area contributed by atoms with Crippen LogP contribution in [0.15, 0.2) is 77.3 Å². The molecule has 3 aromatic carbocycles. The van der Waals surface area contributed by atoms with Gasteiger partial charge >= 0.3 is 0 Å². The van der Waals surface area contributed by atoms with Gasteiger partial charge in [-0.1, -0.05) is 67.4 Å². The maximum absolute atomic E-state index is 8.93. The van der Waals surface area contributed by atoms with Crippen LogP contribution >= 0.6 is 0 Å². The van der Waals surface area contributed by atoms with Crippen LogP contribution in [0.1, 0.15) is 44.1 Å². The van der Waals surface area contributed by atoms with Crippen LogP contribution in [0.2, 0.25) is 0 Å². The van der Waals surface area contributed by atoms with E-state index in [0.29, 0.717) is 5.69 Å². The molecule has 6 rings (SSSR count). The molecule has 34 heavy (non-hydrogen) atoms. The smallest absolute Gasteiger partial charge is 0.216 e. The third-order valence-corrected chi connectivity index (χ3v) is 7.18. The third kappa shape index (κ3) is 3.22. The lowest BCUT2D eigenvalue weighted by molar-refractivity contribution is -0.660. The van der Waals surface area contributed by atoms with Gasteiger partial charge in [0.1, 0.15) is 18.2 Å². The minimum absolute atomic E-state index is 0.475. The first-order valence-corrected chi connectivity index (χ1v) is 11.9. The molecule has 1 aliphatic carbocycles. The van der Waals surface area contributed by atoms with Crippen molar-refractivity contribution in [2.45, 2.75) is 38.5 Å². The van der Waals surface area contributed by atoms with Gasteiger partial charge in [-0.05, 0) is 42.9 Å². The predicted octanol–water partition coefficient (Wildman–Crippen LogP) is 8.26. The quantitative estimate of drug-likeness (QED) is 0.203. The van der Waals surface area contributed by atoms with E-state index in [4.69, 9.17) is 12.4 Å². The summed E-state index contributed by atoms with van der Waals surface area (Å²) >= 11 is 0. The summed E-state index contributed by atoms with van der Waals surface area (Å²) in [6.45, 7) is 9.87. The Labute approximate surface area is 201 Å². The Hall–Kier alpha value is -3.90. The van der Waals surface area contributed by atoms with Crippen LogP contribution in [0.25, 0.3) is 49.2 Å². The lowest BCUT2D eigenvalue weighted by Gasteiger charge is -2.10. The Morgan fingerprint density at radius 3 is 2.32 bits per heavy atom. The molecule has 0 radical (unpaired) electrons. The summed E-state index contributed by atoms with van der Waals surface area (Å²) in [6, 6.07) is 22.5. The standard InChI is InChI=1S/C31H27N2O/c1-20-13-15-24-25-16-17-26(32-2)29(22-11-5-4-6-12-22)31(25)34-30(24)28(20)27-18-14-23(19-33(27)3)21-9-7-8-10-21/h4-6,11-19,21H,7-10H2,1,3H3/q+1/i21D. The topological polar surface area (TPSA) is 21.4 Å². The highest BCUT2D eigenvalue weighted by Gasteiger charge is 2.25. The first-order chi connectivity index (χ1) is 17.0. The van der Waals surface area contributed by atoms with Crippen LogP contribution < -0.4 is 4.57 Å². The molecule has 0 spiro atoms. The van der Waals surface area contributed by atoms with Crippen molar-refractivity contribution in [1.82, 2.24) is 0 Å². The van der Waals surface area contributed by atoms with E-state index in [1.54, 1.807) is 0 Å². The van der Waals surface area contributed by atoms with Crippen molar-refractivity contribution >= 4 is 27.6 Å². The summed E-state index contributed by atoms with van der Waals surface area (Å²) in [5, 5.41) is 2.06. The van der Waals surface area contributed by atoms with Gasteiger partial charge in [-0.15, -0.1) is 0 Å². The molecule has 0 unspecified atom stereocenters. The Balaban J connectivity index is 1.61. The largest absolute Gasteiger partial charge is 0.456 e. The zero-order valence-corrected chi connectivity index (χ0v) is 19.6. The highest BCUT2D eigenvalue weighted by Crippen LogP contribution is 2.44. The summed E-state index contributed by atoms with van der Waals surface area (Å²) in [5.41, 5.74) is 8.34. The first kappa shape index (κ1) is 19.6. The summed E-state index contributed by atoms with van der Waals surface area (Å²) in [7, 11) is 2.06. The number of pyridine rings is 1. The van der Waals surface area contributed by atoms with Crippen LogP contribution in [-0.2, 0) is 7.05 Å². The monoisotopic (exact) mass is 444 g/mol. The number of rotatable bonds is 3. The van der Waals surface area contributed by atoms with Crippen molar-refractivity contribution in [3.63, 3.8) is 0 Å². The molecule has 0 N–H and O–H groups in total. The number of nitrogens with zero attached hydrogens (tertiary/aromatic N) is 2. The molecule has 1 aliphatic rings. The van der Waals surface area contributed by atoms with E-state index in [1.807, 2.05) is 42.5 Å². The second kappa shape index (κ2) is 8.15. The Morgan fingerprint density at radius 1 is 0.912 bits per heavy atom. The molecule has 0 aliphatic heterocycles. The van der Waals surface area contributed by atoms with Crippen molar-refractivity contribution < 1.29 is 10.4 Å². The molecule has 2 aromatic heterocycles. The molecular formula is C31H27N2O+. The van der Waals surface area contributed by atoms with E-state index in [1.165, 1.54) is 0 Å². The van der Waals surface area contributed by atoms with E-state index in [2.05, 4.69) is 53.8 Å². The van der Waals surface area contributed by atoms with Crippen molar-refractivity contribution in [3.05, 3.63) is 95.5 Å². The maximum Gasteiger partial charge on any atom is 0.216 e. The van der Waals surface area contributed by atoms with Gasteiger partial charge in [-0.2, -0.15) is 0 Å². The first-order valence-electron chi connectivity index (χ1n) is 12.4. The van der Waals surface area contributed by atoms with Crippen molar-refractivity contribution in [2.24, 2.45) is 7.05 Å². The van der Waals surface area contributed by atoms with Crippen molar-refractivity contribution in [3.8, 4) is 22.4 Å². The molecule has 3 heteroatoms. The number of furan rings is 1. The Kier molecular flexibility index (Phi) is 4.69. The van der Waals surface area contributed by atoms with Gasteiger partial charge in [0.25, 0.3) is 0 Å². The molecule has 0 atom stereocenters. The minimum Gasteiger partial charge on any atom is -0.456 e. The highest BCUT2D eigenvalue weighted by molar-refractivity contribution is 6.15. The molecule has 1 saturated carbocycles. The average Bonchev–Trinajstić information content (AvgIpc) is 3.48. The van der Waals surface area contributed by atoms with Gasteiger partial charge < -0.3 is 4.42 Å². The molecule has 5 aromatic rings. The molecular weight excluding hydrogens is 416 g/mol. The number of aromatic nitrogens is 1. The number of benzene rings is 3. The number of hydrogen-bond acceptors (Lipinski definition) is 1. The molecule has 0 bridgehead atoms. The fourth-order valence-corrected chi connectivity index (χ4v) is 5.45. The SMILES string of the molecule is [2H]C1(c2ccc(-c3c(C)ccc4c3oc3c(-c5ccccc5)c([N+]#[C-])ccc34)[n+](C)c2)CCCC1. The van der Waals surface area contributed by atoms with Crippen LogP contribution in [-0.4, -0.2) is 0 Å². The van der Waals surface area contributed by atoms with Crippen LogP contribution in [0, 0.1) is 13.5 Å². The van der Waals surface area contributed by atoms with E-state index in [9.17, 15) is 0 Å². The number of fused-ring (bicyclic) bond motifs is 3. The van der Waals surface area contributed by atoms with Crippen LogP contribution in [0.3, 0.4) is 0 Å². The molecule has 1 fully saturated rings. The summed E-state index contributed by atoms with van der Waals surface area (Å²) in [6.07, 6.45) is 6.23. The second-order valence-corrected chi connectivity index (χ2v) is 9.27. The van der Waals surface area contributed by atoms with E-state index < -0.39 is 5.89 Å². The summed E-state index contributed by atoms with van der Waals surface area (Å²) in [4.78, 5) is 3.80. The van der Waals surface area contributed by atoms with Crippen molar-refractivity contribution in [1.29, 1.82) is 0 Å². The maximum atomic E-state index is 8.93. The van der Waals surface area contributed by atoms with E-state index in [-0.39, 0.29) is 0 Å². The lowest BCUT2D eigenvalue weighted by Crippen LogP contribution is -2.31. The zero-order chi connectivity index (χ0) is 24.2. The fourth-order valence-electron chi connectivity index (χ4n) is 5.45. The minimum atomic E-state index is -0.475.